The van der Waals surface area contributed by atoms with Gasteiger partial charge in [-0.3, -0.25) is 4.90 Å². The quantitative estimate of drug-likeness (QED) is 0.889. The summed E-state index contributed by atoms with van der Waals surface area (Å²) in [6, 6.07) is 11.8. The molecule has 1 aliphatic rings. The van der Waals surface area contributed by atoms with Crippen molar-refractivity contribution in [2.75, 3.05) is 11.9 Å². The molecule has 2 aromatic rings. The average Bonchev–Trinajstić information content (AvgIpc) is 3.07. The molecule has 1 aromatic heterocycles. The summed E-state index contributed by atoms with van der Waals surface area (Å²) in [4.78, 5) is 3.98. The van der Waals surface area contributed by atoms with Crippen molar-refractivity contribution < 1.29 is 0 Å². The Labute approximate surface area is 125 Å². The smallest absolute Gasteiger partial charge is 0.0373 e. The summed E-state index contributed by atoms with van der Waals surface area (Å²) < 4.78 is 0. The van der Waals surface area contributed by atoms with E-state index in [1.165, 1.54) is 21.7 Å². The van der Waals surface area contributed by atoms with Gasteiger partial charge in [-0.15, -0.1) is 11.3 Å². The predicted molar refractivity (Wildman–Crippen MR) is 87.3 cm³/mol. The number of nitrogens with one attached hydrogen (secondary N) is 1. The zero-order valence-electron chi connectivity index (χ0n) is 12.2. The first-order chi connectivity index (χ1) is 9.72. The zero-order valence-corrected chi connectivity index (χ0v) is 13.0. The van der Waals surface area contributed by atoms with Crippen LogP contribution in [0, 0.1) is 0 Å². The molecule has 1 N–H and O–H groups in total. The SMILES string of the molecule is CC(C)N(Cc1ccc2c(c1)CCN2)Cc1cccs1. The highest BCUT2D eigenvalue weighted by Gasteiger charge is 2.14. The second kappa shape index (κ2) is 5.98. The Balaban J connectivity index is 1.73. The van der Waals surface area contributed by atoms with Gasteiger partial charge in [-0.25, -0.2) is 0 Å². The van der Waals surface area contributed by atoms with E-state index < -0.39 is 0 Å². The molecular formula is C17H22N2S. The Kier molecular flexibility index (Phi) is 4.08. The zero-order chi connectivity index (χ0) is 13.9. The van der Waals surface area contributed by atoms with Crippen molar-refractivity contribution in [2.45, 2.75) is 39.4 Å². The molecule has 1 aliphatic heterocycles. The monoisotopic (exact) mass is 286 g/mol. The fourth-order valence-corrected chi connectivity index (χ4v) is 3.44. The molecule has 1 aromatic carbocycles. The summed E-state index contributed by atoms with van der Waals surface area (Å²) in [5, 5.41) is 5.59. The van der Waals surface area contributed by atoms with Crippen molar-refractivity contribution in [2.24, 2.45) is 0 Å². The number of nitrogens with zero attached hydrogens (tertiary/aromatic N) is 1. The van der Waals surface area contributed by atoms with Gasteiger partial charge in [0, 0.05) is 36.2 Å². The van der Waals surface area contributed by atoms with Crippen molar-refractivity contribution in [3.63, 3.8) is 0 Å². The standard InChI is InChI=1S/C17H22N2S/c1-13(2)19(12-16-4-3-9-20-16)11-14-5-6-17-15(10-14)7-8-18-17/h3-6,9-10,13,18H,7-8,11-12H2,1-2H3. The number of thiophene rings is 1. The highest BCUT2D eigenvalue weighted by atomic mass is 32.1. The number of benzene rings is 1. The van der Waals surface area contributed by atoms with Crippen LogP contribution in [0.4, 0.5) is 5.69 Å². The molecule has 2 nitrogen and oxygen atoms in total. The van der Waals surface area contributed by atoms with Gasteiger partial charge in [0.25, 0.3) is 0 Å². The average molecular weight is 286 g/mol. The predicted octanol–water partition coefficient (Wildman–Crippen LogP) is 4.13. The van der Waals surface area contributed by atoms with Crippen LogP contribution in [0.3, 0.4) is 0 Å². The van der Waals surface area contributed by atoms with Gasteiger partial charge in [-0.1, -0.05) is 18.2 Å². The Morgan fingerprint density at radius 3 is 2.90 bits per heavy atom. The number of hydrogen-bond acceptors (Lipinski definition) is 3. The summed E-state index contributed by atoms with van der Waals surface area (Å²) in [5.41, 5.74) is 4.23. The third-order valence-electron chi connectivity index (χ3n) is 3.93. The maximum atomic E-state index is 3.43. The van der Waals surface area contributed by atoms with Crippen LogP contribution in [0.1, 0.15) is 29.9 Å². The van der Waals surface area contributed by atoms with Crippen molar-refractivity contribution in [1.82, 2.24) is 4.90 Å². The van der Waals surface area contributed by atoms with Gasteiger partial charge in [-0.05, 0) is 48.9 Å². The summed E-state index contributed by atoms with van der Waals surface area (Å²) >= 11 is 1.85. The molecule has 2 heterocycles. The van der Waals surface area contributed by atoms with E-state index in [1.807, 2.05) is 11.3 Å². The maximum Gasteiger partial charge on any atom is 0.0373 e. The Hall–Kier alpha value is -1.32. The molecule has 0 atom stereocenters. The lowest BCUT2D eigenvalue weighted by Crippen LogP contribution is -2.29. The molecule has 0 bridgehead atoms. The van der Waals surface area contributed by atoms with Crippen LogP contribution in [-0.4, -0.2) is 17.5 Å². The van der Waals surface area contributed by atoms with E-state index in [-0.39, 0.29) is 0 Å². The van der Waals surface area contributed by atoms with Crippen LogP contribution in [0.5, 0.6) is 0 Å². The van der Waals surface area contributed by atoms with Crippen LogP contribution in [-0.2, 0) is 19.5 Å². The van der Waals surface area contributed by atoms with Crippen LogP contribution < -0.4 is 5.32 Å². The molecule has 0 saturated heterocycles. The molecule has 20 heavy (non-hydrogen) atoms. The molecule has 0 saturated carbocycles. The van der Waals surface area contributed by atoms with Gasteiger partial charge in [0.05, 0.1) is 0 Å². The third kappa shape index (κ3) is 3.05. The van der Waals surface area contributed by atoms with Crippen LogP contribution in [0.15, 0.2) is 35.7 Å². The Bertz CT molecular complexity index is 560. The van der Waals surface area contributed by atoms with E-state index >= 15 is 0 Å². The lowest BCUT2D eigenvalue weighted by Gasteiger charge is -2.26. The van der Waals surface area contributed by atoms with E-state index in [2.05, 4.69) is 59.8 Å². The second-order valence-corrected chi connectivity index (χ2v) is 6.78. The van der Waals surface area contributed by atoms with E-state index in [1.54, 1.807) is 0 Å². The molecule has 0 aliphatic carbocycles. The fraction of sp³-hybridized carbons (Fsp3) is 0.412. The third-order valence-corrected chi connectivity index (χ3v) is 4.80. The Morgan fingerprint density at radius 1 is 1.25 bits per heavy atom. The number of fused-ring (bicyclic) bond motifs is 1. The van der Waals surface area contributed by atoms with Crippen molar-refractivity contribution in [1.29, 1.82) is 0 Å². The van der Waals surface area contributed by atoms with E-state index in [4.69, 9.17) is 0 Å². The van der Waals surface area contributed by atoms with Crippen LogP contribution >= 0.6 is 11.3 Å². The van der Waals surface area contributed by atoms with Gasteiger partial charge in [-0.2, -0.15) is 0 Å². The molecule has 106 valence electrons. The summed E-state index contributed by atoms with van der Waals surface area (Å²) in [6.07, 6.45) is 1.16. The summed E-state index contributed by atoms with van der Waals surface area (Å²) in [7, 11) is 0. The molecular weight excluding hydrogens is 264 g/mol. The van der Waals surface area contributed by atoms with Gasteiger partial charge in [0.1, 0.15) is 0 Å². The van der Waals surface area contributed by atoms with Crippen molar-refractivity contribution in [3.05, 3.63) is 51.7 Å². The fourth-order valence-electron chi connectivity index (χ4n) is 2.71. The number of rotatable bonds is 5. The number of hydrogen-bond donors (Lipinski definition) is 1. The van der Waals surface area contributed by atoms with Crippen molar-refractivity contribution >= 4 is 17.0 Å². The number of anilines is 1. The van der Waals surface area contributed by atoms with E-state index in [0.717, 1.165) is 26.1 Å². The van der Waals surface area contributed by atoms with Gasteiger partial charge in [0.2, 0.25) is 0 Å². The highest BCUT2D eigenvalue weighted by molar-refractivity contribution is 7.09. The minimum Gasteiger partial charge on any atom is -0.384 e. The summed E-state index contributed by atoms with van der Waals surface area (Å²) in [6.45, 7) is 7.72. The molecule has 0 radical (unpaired) electrons. The van der Waals surface area contributed by atoms with Gasteiger partial charge in [0.15, 0.2) is 0 Å². The van der Waals surface area contributed by atoms with E-state index in [9.17, 15) is 0 Å². The largest absolute Gasteiger partial charge is 0.384 e. The van der Waals surface area contributed by atoms with Crippen LogP contribution in [0.25, 0.3) is 0 Å². The van der Waals surface area contributed by atoms with Gasteiger partial charge < -0.3 is 5.32 Å². The topological polar surface area (TPSA) is 15.3 Å². The molecule has 0 unspecified atom stereocenters. The molecule has 0 spiro atoms. The Morgan fingerprint density at radius 2 is 2.15 bits per heavy atom. The minimum absolute atomic E-state index is 0.559. The first-order valence-corrected chi connectivity index (χ1v) is 8.22. The second-order valence-electron chi connectivity index (χ2n) is 5.75. The first kappa shape index (κ1) is 13.7. The first-order valence-electron chi connectivity index (χ1n) is 7.34. The van der Waals surface area contributed by atoms with Gasteiger partial charge >= 0.3 is 0 Å². The normalized spacial score (nSPS) is 13.8. The van der Waals surface area contributed by atoms with Crippen molar-refractivity contribution in [3.8, 4) is 0 Å². The molecule has 0 amide bonds. The highest BCUT2D eigenvalue weighted by Crippen LogP contribution is 2.24. The lowest BCUT2D eigenvalue weighted by atomic mass is 10.1. The summed E-state index contributed by atoms with van der Waals surface area (Å²) in [5.74, 6) is 0. The molecule has 3 heteroatoms. The minimum atomic E-state index is 0.559. The van der Waals surface area contributed by atoms with E-state index in [0.29, 0.717) is 6.04 Å². The lowest BCUT2D eigenvalue weighted by molar-refractivity contribution is 0.205. The molecule has 0 fully saturated rings. The van der Waals surface area contributed by atoms with Crippen LogP contribution in [0.2, 0.25) is 0 Å². The molecule has 3 rings (SSSR count). The maximum absolute atomic E-state index is 3.43.